The van der Waals surface area contributed by atoms with Gasteiger partial charge in [0.25, 0.3) is 0 Å². The summed E-state index contributed by atoms with van der Waals surface area (Å²) in [7, 11) is 0. The number of nitrogens with zero attached hydrogens (tertiary/aromatic N) is 2. The molecule has 1 aromatic heterocycles. The molecule has 9 aromatic carbocycles. The molecule has 0 spiro atoms. The van der Waals surface area contributed by atoms with Gasteiger partial charge in [0.15, 0.2) is 0 Å². The third-order valence-corrected chi connectivity index (χ3v) is 14.3. The lowest BCUT2D eigenvalue weighted by Crippen LogP contribution is -2.11. The topological polar surface area (TPSA) is 8.17 Å². The van der Waals surface area contributed by atoms with Crippen molar-refractivity contribution < 1.29 is 0 Å². The van der Waals surface area contributed by atoms with Crippen LogP contribution in [-0.4, -0.2) is 4.57 Å². The highest BCUT2D eigenvalue weighted by molar-refractivity contribution is 6.17. The van der Waals surface area contributed by atoms with Crippen LogP contribution in [0, 0.1) is 5.92 Å². The largest absolute Gasteiger partial charge is 0.310 e. The van der Waals surface area contributed by atoms with Crippen molar-refractivity contribution in [2.24, 2.45) is 5.92 Å². The Morgan fingerprint density at radius 3 is 1.98 bits per heavy atom. The quantitative estimate of drug-likeness (QED) is 0.148. The summed E-state index contributed by atoms with van der Waals surface area (Å²) in [5.74, 6) is 1.13. The number of para-hydroxylation sites is 2. The molecule has 2 heteroatoms. The van der Waals surface area contributed by atoms with Crippen LogP contribution >= 0.6 is 0 Å². The highest BCUT2D eigenvalue weighted by atomic mass is 15.1. The predicted molar refractivity (Wildman–Crippen MR) is 278 cm³/mol. The van der Waals surface area contributed by atoms with Crippen LogP contribution in [0.25, 0.3) is 82.4 Å². The summed E-state index contributed by atoms with van der Waals surface area (Å²) in [6.07, 6.45) is 14.6. The smallest absolute Gasteiger partial charge is 0.0547 e. The first-order valence-electron chi connectivity index (χ1n) is 23.7. The van der Waals surface area contributed by atoms with Gasteiger partial charge in [0.1, 0.15) is 0 Å². The van der Waals surface area contributed by atoms with Crippen LogP contribution < -0.4 is 4.90 Å². The van der Waals surface area contributed by atoms with Crippen molar-refractivity contribution in [3.63, 3.8) is 0 Å². The van der Waals surface area contributed by atoms with Crippen LogP contribution in [0.2, 0.25) is 0 Å². The zero-order valence-corrected chi connectivity index (χ0v) is 37.0. The summed E-state index contributed by atoms with van der Waals surface area (Å²) in [6.45, 7) is 2.29. The summed E-state index contributed by atoms with van der Waals surface area (Å²) >= 11 is 0. The van der Waals surface area contributed by atoms with Crippen molar-refractivity contribution in [1.82, 2.24) is 4.57 Å². The molecule has 1 saturated carbocycles. The Bertz CT molecular complexity index is 3460. The second-order valence-corrected chi connectivity index (χ2v) is 18.3. The van der Waals surface area contributed by atoms with Crippen molar-refractivity contribution in [2.45, 2.75) is 51.4 Å². The van der Waals surface area contributed by atoms with E-state index in [0.29, 0.717) is 11.8 Å². The molecule has 2 aliphatic carbocycles. The first kappa shape index (κ1) is 39.2. The third kappa shape index (κ3) is 6.96. The van der Waals surface area contributed by atoms with Gasteiger partial charge in [0, 0.05) is 33.4 Å². The zero-order valence-electron chi connectivity index (χ0n) is 37.0. The molecule has 1 unspecified atom stereocenters. The number of fused-ring (bicyclic) bond motifs is 5. The lowest BCUT2D eigenvalue weighted by Gasteiger charge is -2.29. The van der Waals surface area contributed by atoms with Crippen LogP contribution in [0.5, 0.6) is 0 Å². The molecule has 1 fully saturated rings. The fourth-order valence-corrected chi connectivity index (χ4v) is 11.2. The maximum atomic E-state index is 2.50. The molecule has 0 N–H and O–H groups in total. The number of anilines is 3. The molecule has 314 valence electrons. The van der Waals surface area contributed by atoms with E-state index >= 15 is 0 Å². The highest BCUT2D eigenvalue weighted by Crippen LogP contribution is 2.47. The number of hydrogen-bond donors (Lipinski definition) is 0. The third-order valence-electron chi connectivity index (χ3n) is 14.3. The summed E-state index contributed by atoms with van der Waals surface area (Å²) in [5, 5.41) is 7.79. The predicted octanol–water partition coefficient (Wildman–Crippen LogP) is 18.1. The van der Waals surface area contributed by atoms with Gasteiger partial charge in [-0.2, -0.15) is 0 Å². The number of rotatable bonds is 8. The first-order chi connectivity index (χ1) is 32.2. The molecule has 0 aliphatic heterocycles. The molecular weight excluding hydrogens is 785 g/mol. The fourth-order valence-electron chi connectivity index (χ4n) is 11.2. The van der Waals surface area contributed by atoms with Crippen molar-refractivity contribution >= 4 is 66.1 Å². The summed E-state index contributed by atoms with van der Waals surface area (Å²) in [5.41, 5.74) is 16.0. The van der Waals surface area contributed by atoms with Gasteiger partial charge in [0.2, 0.25) is 0 Å². The van der Waals surface area contributed by atoms with Gasteiger partial charge in [-0.25, -0.2) is 0 Å². The van der Waals surface area contributed by atoms with Crippen molar-refractivity contribution in [3.05, 3.63) is 218 Å². The van der Waals surface area contributed by atoms with E-state index < -0.39 is 0 Å². The van der Waals surface area contributed by atoms with Gasteiger partial charge < -0.3 is 9.47 Å². The van der Waals surface area contributed by atoms with E-state index in [1.807, 2.05) is 0 Å². The minimum absolute atomic E-state index is 0.548. The molecule has 0 radical (unpaired) electrons. The summed E-state index contributed by atoms with van der Waals surface area (Å²) in [4.78, 5) is 2.50. The number of aromatic nitrogens is 1. The van der Waals surface area contributed by atoms with Crippen LogP contribution in [0.4, 0.5) is 17.1 Å². The zero-order chi connectivity index (χ0) is 43.3. The SMILES string of the molecule is CC1C=CC(n2c3ccccc3c3c(-c4cccc(N(c5ccc(-c6cccc7ccccc67)cc5)c5ccccc5-c5cccc6cccc(C7CCCCC7)c56)c4)cccc32)=CC1. The fraction of sp³-hybridized carbons (Fsp3) is 0.143. The Morgan fingerprint density at radius 2 is 1.14 bits per heavy atom. The molecule has 1 heterocycles. The molecule has 0 saturated heterocycles. The van der Waals surface area contributed by atoms with E-state index in [1.54, 1.807) is 0 Å². The average Bonchev–Trinajstić information content (AvgIpc) is 3.71. The summed E-state index contributed by atoms with van der Waals surface area (Å²) < 4.78 is 2.46. The molecular formula is C63H52N2. The van der Waals surface area contributed by atoms with Crippen molar-refractivity contribution in [1.29, 1.82) is 0 Å². The Morgan fingerprint density at radius 1 is 0.477 bits per heavy atom. The minimum Gasteiger partial charge on any atom is -0.310 e. The normalized spacial score (nSPS) is 15.5. The molecule has 10 aromatic rings. The maximum Gasteiger partial charge on any atom is 0.0547 e. The Hall–Kier alpha value is -7.42. The van der Waals surface area contributed by atoms with Gasteiger partial charge in [-0.3, -0.25) is 0 Å². The van der Waals surface area contributed by atoms with Gasteiger partial charge in [-0.05, 0) is 135 Å². The molecule has 0 bridgehead atoms. The number of benzene rings is 9. The van der Waals surface area contributed by atoms with E-state index in [1.165, 1.54) is 120 Å². The average molecular weight is 837 g/mol. The van der Waals surface area contributed by atoms with E-state index in [-0.39, 0.29) is 0 Å². The minimum atomic E-state index is 0.548. The second-order valence-electron chi connectivity index (χ2n) is 18.3. The molecule has 0 amide bonds. The second kappa shape index (κ2) is 16.6. The standard InChI is InChI=1S/C63H52N2/c1-43-34-38-50(39-35-43)65-60-32-10-8-26-58(60)63-55(29-15-33-61(63)65)48-22-11-23-51(42-48)64(49-40-36-46(37-41-49)53-27-12-19-44-18-5-6-24-52(44)53)59-31-9-7-25-56(59)57-30-14-21-47-20-13-28-54(62(47)57)45-16-3-2-4-17-45/h5-15,18-34,36-43,45H,2-4,16-17,35H2,1H3. The molecule has 1 atom stereocenters. The molecule has 2 nitrogen and oxygen atoms in total. The lowest BCUT2D eigenvalue weighted by atomic mass is 9.80. The van der Waals surface area contributed by atoms with Crippen molar-refractivity contribution in [3.8, 4) is 33.4 Å². The van der Waals surface area contributed by atoms with Gasteiger partial charge in [-0.15, -0.1) is 0 Å². The highest BCUT2D eigenvalue weighted by Gasteiger charge is 2.24. The Labute approximate surface area is 382 Å². The van der Waals surface area contributed by atoms with Gasteiger partial charge in [-0.1, -0.05) is 190 Å². The van der Waals surface area contributed by atoms with Gasteiger partial charge >= 0.3 is 0 Å². The lowest BCUT2D eigenvalue weighted by molar-refractivity contribution is 0.445. The van der Waals surface area contributed by atoms with E-state index in [4.69, 9.17) is 0 Å². The van der Waals surface area contributed by atoms with E-state index in [9.17, 15) is 0 Å². The van der Waals surface area contributed by atoms with Crippen LogP contribution in [0.1, 0.15) is 56.9 Å². The van der Waals surface area contributed by atoms with Crippen LogP contribution in [0.3, 0.4) is 0 Å². The monoisotopic (exact) mass is 836 g/mol. The van der Waals surface area contributed by atoms with Crippen LogP contribution in [0.15, 0.2) is 212 Å². The van der Waals surface area contributed by atoms with E-state index in [0.717, 1.165) is 23.5 Å². The summed E-state index contributed by atoms with van der Waals surface area (Å²) in [6, 6.07) is 72.6. The Kier molecular flexibility index (Phi) is 10.0. The maximum absolute atomic E-state index is 2.50. The van der Waals surface area contributed by atoms with Gasteiger partial charge in [0.05, 0.1) is 16.7 Å². The van der Waals surface area contributed by atoms with Crippen LogP contribution in [-0.2, 0) is 0 Å². The Balaban J connectivity index is 1.05. The molecule has 2 aliphatic rings. The number of allylic oxidation sites excluding steroid dienone is 4. The molecule has 65 heavy (non-hydrogen) atoms. The van der Waals surface area contributed by atoms with E-state index in [2.05, 4.69) is 229 Å². The first-order valence-corrected chi connectivity index (χ1v) is 23.7. The van der Waals surface area contributed by atoms with Crippen molar-refractivity contribution in [2.75, 3.05) is 4.90 Å². The molecule has 12 rings (SSSR count). The number of hydrogen-bond acceptors (Lipinski definition) is 1.